The van der Waals surface area contributed by atoms with Crippen LogP contribution in [0.5, 0.6) is 0 Å². The molecule has 0 spiro atoms. The number of aromatic nitrogens is 3. The van der Waals surface area contributed by atoms with Crippen LogP contribution in [0.1, 0.15) is 57.2 Å². The average Bonchev–Trinajstić information content (AvgIpc) is 3.16. The van der Waals surface area contributed by atoms with E-state index in [0.29, 0.717) is 11.7 Å². The summed E-state index contributed by atoms with van der Waals surface area (Å²) >= 11 is 1.46. The van der Waals surface area contributed by atoms with Gasteiger partial charge in [0.2, 0.25) is 11.1 Å². The summed E-state index contributed by atoms with van der Waals surface area (Å²) in [4.78, 5) is 18.7. The first-order valence-corrected chi connectivity index (χ1v) is 9.04. The van der Waals surface area contributed by atoms with Gasteiger partial charge < -0.3 is 4.90 Å². The molecule has 1 amide bonds. The molecular formula is C15H24N4OS. The highest BCUT2D eigenvalue weighted by molar-refractivity contribution is 7.99. The number of amides is 1. The fraction of sp³-hybridized carbons (Fsp3) is 0.800. The summed E-state index contributed by atoms with van der Waals surface area (Å²) in [5.74, 6) is 2.99. The summed E-state index contributed by atoms with van der Waals surface area (Å²) in [7, 11) is 0. The van der Waals surface area contributed by atoms with Crippen LogP contribution in [0.3, 0.4) is 0 Å². The summed E-state index contributed by atoms with van der Waals surface area (Å²) in [5.41, 5.74) is 0. The summed E-state index contributed by atoms with van der Waals surface area (Å²) in [5, 5.41) is 8.01. The van der Waals surface area contributed by atoms with Crippen molar-refractivity contribution >= 4 is 17.7 Å². The molecule has 2 fully saturated rings. The number of nitrogens with one attached hydrogen (secondary N) is 1. The Kier molecular flexibility index (Phi) is 4.83. The van der Waals surface area contributed by atoms with E-state index < -0.39 is 0 Å². The molecule has 6 heteroatoms. The summed E-state index contributed by atoms with van der Waals surface area (Å²) in [6, 6.07) is 0. The monoisotopic (exact) mass is 308 g/mol. The van der Waals surface area contributed by atoms with E-state index in [4.69, 9.17) is 0 Å². The third-order valence-electron chi connectivity index (χ3n) is 4.69. The maximum atomic E-state index is 12.2. The van der Waals surface area contributed by atoms with E-state index in [1.54, 1.807) is 0 Å². The molecule has 3 rings (SSSR count). The first kappa shape index (κ1) is 14.9. The molecule has 21 heavy (non-hydrogen) atoms. The van der Waals surface area contributed by atoms with Gasteiger partial charge in [-0.3, -0.25) is 9.89 Å². The highest BCUT2D eigenvalue weighted by Gasteiger charge is 2.22. The molecule has 116 valence electrons. The Labute approximate surface area is 130 Å². The van der Waals surface area contributed by atoms with Gasteiger partial charge in [-0.05, 0) is 31.6 Å². The van der Waals surface area contributed by atoms with Gasteiger partial charge in [0.05, 0.1) is 5.75 Å². The Morgan fingerprint density at radius 3 is 2.71 bits per heavy atom. The Morgan fingerprint density at radius 1 is 1.29 bits per heavy atom. The largest absolute Gasteiger partial charge is 0.342 e. The number of aromatic amines is 1. The SMILES string of the molecule is CC1CCN(C(=O)CSc2n[nH]c(C3CCCC3)n2)CC1. The van der Waals surface area contributed by atoms with Gasteiger partial charge in [-0.1, -0.05) is 31.5 Å². The number of carbonyl (C=O) groups is 1. The van der Waals surface area contributed by atoms with Crippen molar-refractivity contribution in [3.63, 3.8) is 0 Å². The van der Waals surface area contributed by atoms with Crippen LogP contribution in [-0.4, -0.2) is 44.8 Å². The Balaban J connectivity index is 1.47. The second kappa shape index (κ2) is 6.81. The van der Waals surface area contributed by atoms with Crippen LogP contribution in [0.15, 0.2) is 5.16 Å². The molecule has 1 N–H and O–H groups in total. The van der Waals surface area contributed by atoms with E-state index in [-0.39, 0.29) is 5.91 Å². The van der Waals surface area contributed by atoms with Crippen molar-refractivity contribution < 1.29 is 4.79 Å². The molecule has 0 unspecified atom stereocenters. The highest BCUT2D eigenvalue weighted by Crippen LogP contribution is 2.32. The van der Waals surface area contributed by atoms with E-state index in [9.17, 15) is 4.79 Å². The lowest BCUT2D eigenvalue weighted by Gasteiger charge is -2.30. The maximum absolute atomic E-state index is 12.2. The Hall–Kier alpha value is -1.04. The molecule has 1 aromatic rings. The van der Waals surface area contributed by atoms with Crippen molar-refractivity contribution in [1.29, 1.82) is 0 Å². The normalized spacial score (nSPS) is 21.1. The molecule has 1 aliphatic carbocycles. The van der Waals surface area contributed by atoms with Gasteiger partial charge in [-0.15, -0.1) is 5.10 Å². The van der Waals surface area contributed by atoms with Gasteiger partial charge >= 0.3 is 0 Å². The average molecular weight is 308 g/mol. The number of rotatable bonds is 4. The topological polar surface area (TPSA) is 61.9 Å². The number of H-pyrrole nitrogens is 1. The summed E-state index contributed by atoms with van der Waals surface area (Å²) in [6.45, 7) is 4.07. The van der Waals surface area contributed by atoms with Crippen molar-refractivity contribution in [2.24, 2.45) is 5.92 Å². The zero-order valence-electron chi connectivity index (χ0n) is 12.7. The molecule has 1 aromatic heterocycles. The second-order valence-electron chi connectivity index (χ2n) is 6.34. The van der Waals surface area contributed by atoms with Crippen LogP contribution in [0.25, 0.3) is 0 Å². The lowest BCUT2D eigenvalue weighted by atomic mass is 9.99. The van der Waals surface area contributed by atoms with Crippen LogP contribution in [-0.2, 0) is 4.79 Å². The number of likely N-dealkylation sites (tertiary alicyclic amines) is 1. The molecule has 0 atom stereocenters. The quantitative estimate of drug-likeness (QED) is 0.869. The van der Waals surface area contributed by atoms with E-state index in [1.165, 1.54) is 37.4 Å². The number of piperidine rings is 1. The molecule has 1 saturated heterocycles. The molecule has 2 heterocycles. The van der Waals surface area contributed by atoms with Gasteiger partial charge in [-0.2, -0.15) is 0 Å². The minimum Gasteiger partial charge on any atom is -0.342 e. The van der Waals surface area contributed by atoms with Crippen molar-refractivity contribution in [1.82, 2.24) is 20.1 Å². The fourth-order valence-corrected chi connectivity index (χ4v) is 3.89. The van der Waals surface area contributed by atoms with Gasteiger partial charge in [-0.25, -0.2) is 4.98 Å². The van der Waals surface area contributed by atoms with Crippen LogP contribution in [0, 0.1) is 5.92 Å². The third-order valence-corrected chi connectivity index (χ3v) is 5.52. The number of nitrogens with zero attached hydrogens (tertiary/aromatic N) is 3. The highest BCUT2D eigenvalue weighted by atomic mass is 32.2. The summed E-state index contributed by atoms with van der Waals surface area (Å²) < 4.78 is 0. The van der Waals surface area contributed by atoms with Gasteiger partial charge in [0.25, 0.3) is 0 Å². The summed E-state index contributed by atoms with van der Waals surface area (Å²) in [6.07, 6.45) is 7.26. The number of hydrogen-bond donors (Lipinski definition) is 1. The van der Waals surface area contributed by atoms with Crippen molar-refractivity contribution in [3.8, 4) is 0 Å². The van der Waals surface area contributed by atoms with Gasteiger partial charge in [0.1, 0.15) is 5.82 Å². The minimum absolute atomic E-state index is 0.221. The molecule has 0 bridgehead atoms. The van der Waals surface area contributed by atoms with Crippen LogP contribution in [0.4, 0.5) is 0 Å². The third kappa shape index (κ3) is 3.78. The predicted octanol–water partition coefficient (Wildman–Crippen LogP) is 2.81. The minimum atomic E-state index is 0.221. The van der Waals surface area contributed by atoms with E-state index in [0.717, 1.165) is 42.8 Å². The standard InChI is InChI=1S/C15H24N4OS/c1-11-6-8-19(9-7-11)13(20)10-21-15-16-14(17-18-15)12-4-2-3-5-12/h11-12H,2-10H2,1H3,(H,16,17,18). The molecule has 0 radical (unpaired) electrons. The van der Waals surface area contributed by atoms with Gasteiger partial charge in [0, 0.05) is 19.0 Å². The van der Waals surface area contributed by atoms with E-state index >= 15 is 0 Å². The molecule has 1 aliphatic heterocycles. The fourth-order valence-electron chi connectivity index (χ4n) is 3.18. The first-order valence-electron chi connectivity index (χ1n) is 8.05. The lowest BCUT2D eigenvalue weighted by Crippen LogP contribution is -2.38. The molecule has 0 aromatic carbocycles. The van der Waals surface area contributed by atoms with Crippen molar-refractivity contribution in [2.45, 2.75) is 56.5 Å². The van der Waals surface area contributed by atoms with Crippen LogP contribution < -0.4 is 0 Å². The zero-order chi connectivity index (χ0) is 14.7. The van der Waals surface area contributed by atoms with Crippen LogP contribution in [0.2, 0.25) is 0 Å². The number of thioether (sulfide) groups is 1. The van der Waals surface area contributed by atoms with E-state index in [1.807, 2.05) is 4.90 Å². The Morgan fingerprint density at radius 2 is 2.00 bits per heavy atom. The molecule has 1 saturated carbocycles. The molecular weight excluding hydrogens is 284 g/mol. The van der Waals surface area contributed by atoms with Crippen molar-refractivity contribution in [3.05, 3.63) is 5.82 Å². The number of hydrogen-bond acceptors (Lipinski definition) is 4. The van der Waals surface area contributed by atoms with Crippen molar-refractivity contribution in [2.75, 3.05) is 18.8 Å². The molecule has 2 aliphatic rings. The zero-order valence-corrected chi connectivity index (χ0v) is 13.5. The molecule has 5 nitrogen and oxygen atoms in total. The second-order valence-corrected chi connectivity index (χ2v) is 7.28. The smallest absolute Gasteiger partial charge is 0.233 e. The van der Waals surface area contributed by atoms with Crippen LogP contribution >= 0.6 is 11.8 Å². The number of carbonyl (C=O) groups excluding carboxylic acids is 1. The Bertz CT molecular complexity index is 476. The first-order chi connectivity index (χ1) is 10.2. The van der Waals surface area contributed by atoms with Gasteiger partial charge in [0.15, 0.2) is 0 Å². The van der Waals surface area contributed by atoms with E-state index in [2.05, 4.69) is 22.1 Å². The predicted molar refractivity (Wildman–Crippen MR) is 83.3 cm³/mol. The lowest BCUT2D eigenvalue weighted by molar-refractivity contribution is -0.129. The maximum Gasteiger partial charge on any atom is 0.233 e.